The van der Waals surface area contributed by atoms with Crippen molar-refractivity contribution in [3.05, 3.63) is 35.7 Å². The van der Waals surface area contributed by atoms with Crippen LogP contribution < -0.4 is 5.32 Å². The monoisotopic (exact) mass is 347 g/mol. The molecule has 1 aromatic heterocycles. The van der Waals surface area contributed by atoms with E-state index in [-0.39, 0.29) is 18.2 Å². The van der Waals surface area contributed by atoms with Crippen molar-refractivity contribution in [1.29, 1.82) is 0 Å². The lowest BCUT2D eigenvalue weighted by Gasteiger charge is -2.31. The van der Waals surface area contributed by atoms with Gasteiger partial charge < -0.3 is 9.84 Å². The van der Waals surface area contributed by atoms with Gasteiger partial charge >= 0.3 is 6.18 Å². The van der Waals surface area contributed by atoms with Crippen LogP contribution in [0.4, 0.5) is 13.2 Å². The average Bonchev–Trinajstić information content (AvgIpc) is 2.98. The molecular weight excluding hydrogens is 331 g/mol. The average molecular weight is 348 g/mol. The molecular formula is C15H17ClF3N3O. The van der Waals surface area contributed by atoms with Crippen LogP contribution in [0.25, 0.3) is 11.4 Å². The van der Waals surface area contributed by atoms with E-state index in [0.717, 1.165) is 37.9 Å². The minimum Gasteiger partial charge on any atom is -0.337 e. The molecule has 1 unspecified atom stereocenters. The third-order valence-electron chi connectivity index (χ3n) is 3.96. The maximum absolute atomic E-state index is 12.8. The van der Waals surface area contributed by atoms with Gasteiger partial charge in [0.1, 0.15) is 0 Å². The Morgan fingerprint density at radius 1 is 1.26 bits per heavy atom. The highest BCUT2D eigenvalue weighted by atomic mass is 35.5. The first-order valence-electron chi connectivity index (χ1n) is 7.15. The number of benzene rings is 1. The fraction of sp³-hybridized carbons (Fsp3) is 0.467. The van der Waals surface area contributed by atoms with Crippen molar-refractivity contribution >= 4 is 12.4 Å². The molecule has 8 heteroatoms. The molecule has 1 atom stereocenters. The second-order valence-corrected chi connectivity index (χ2v) is 5.72. The summed E-state index contributed by atoms with van der Waals surface area (Å²) in [5.74, 6) is 0.592. The van der Waals surface area contributed by atoms with Crippen LogP contribution in [-0.4, -0.2) is 16.7 Å². The second-order valence-electron chi connectivity index (χ2n) is 5.72. The lowest BCUT2D eigenvalue weighted by Crippen LogP contribution is -2.43. The number of piperidine rings is 1. The molecule has 2 heterocycles. The Morgan fingerprint density at radius 3 is 2.70 bits per heavy atom. The number of nitrogens with zero attached hydrogens (tertiary/aromatic N) is 2. The molecule has 23 heavy (non-hydrogen) atoms. The summed E-state index contributed by atoms with van der Waals surface area (Å²) in [5, 5.41) is 7.17. The SMILES string of the molecule is CC1(c2nc(-c3cccc(C(F)(F)F)c3)no2)CCCCN1.Cl. The lowest BCUT2D eigenvalue weighted by molar-refractivity contribution is -0.137. The van der Waals surface area contributed by atoms with E-state index in [1.165, 1.54) is 6.07 Å². The van der Waals surface area contributed by atoms with E-state index in [2.05, 4.69) is 15.5 Å². The first kappa shape index (κ1) is 17.7. The van der Waals surface area contributed by atoms with Crippen LogP contribution in [0.1, 0.15) is 37.6 Å². The summed E-state index contributed by atoms with van der Waals surface area (Å²) in [6.45, 7) is 2.83. The Kier molecular flexibility index (Phi) is 5.01. The van der Waals surface area contributed by atoms with Crippen molar-refractivity contribution < 1.29 is 17.7 Å². The van der Waals surface area contributed by atoms with Crippen LogP contribution in [0.3, 0.4) is 0 Å². The Labute approximate surface area is 137 Å². The molecule has 1 fully saturated rings. The van der Waals surface area contributed by atoms with Crippen molar-refractivity contribution in [3.63, 3.8) is 0 Å². The van der Waals surface area contributed by atoms with Crippen LogP contribution in [0, 0.1) is 0 Å². The van der Waals surface area contributed by atoms with Crippen LogP contribution in [-0.2, 0) is 11.7 Å². The van der Waals surface area contributed by atoms with Gasteiger partial charge in [-0.25, -0.2) is 0 Å². The van der Waals surface area contributed by atoms with Gasteiger partial charge in [-0.3, -0.25) is 0 Å². The van der Waals surface area contributed by atoms with Crippen LogP contribution in [0.2, 0.25) is 0 Å². The van der Waals surface area contributed by atoms with Gasteiger partial charge in [0.15, 0.2) is 0 Å². The summed E-state index contributed by atoms with van der Waals surface area (Å²) in [4.78, 5) is 4.29. The highest BCUT2D eigenvalue weighted by molar-refractivity contribution is 5.85. The highest BCUT2D eigenvalue weighted by Gasteiger charge is 2.35. The van der Waals surface area contributed by atoms with Crippen LogP contribution >= 0.6 is 12.4 Å². The van der Waals surface area contributed by atoms with Crippen LogP contribution in [0.15, 0.2) is 28.8 Å². The summed E-state index contributed by atoms with van der Waals surface area (Å²) in [7, 11) is 0. The first-order valence-corrected chi connectivity index (χ1v) is 7.15. The minimum absolute atomic E-state index is 0. The fourth-order valence-corrected chi connectivity index (χ4v) is 2.64. The number of aromatic nitrogens is 2. The van der Waals surface area contributed by atoms with E-state index in [1.54, 1.807) is 6.07 Å². The van der Waals surface area contributed by atoms with Crippen LogP contribution in [0.5, 0.6) is 0 Å². The third-order valence-corrected chi connectivity index (χ3v) is 3.96. The number of hydrogen-bond donors (Lipinski definition) is 1. The topological polar surface area (TPSA) is 51.0 Å². The molecule has 1 aliphatic heterocycles. The molecule has 4 nitrogen and oxygen atoms in total. The number of nitrogens with one attached hydrogen (secondary N) is 1. The highest BCUT2D eigenvalue weighted by Crippen LogP contribution is 2.33. The van der Waals surface area contributed by atoms with E-state index in [4.69, 9.17) is 4.52 Å². The van der Waals surface area contributed by atoms with Crippen molar-refractivity contribution in [1.82, 2.24) is 15.5 Å². The Bertz CT molecular complexity index is 666. The summed E-state index contributed by atoms with van der Waals surface area (Å²) in [5.41, 5.74) is -0.840. The standard InChI is InChI=1S/C15H16F3N3O.ClH/c1-14(7-2-3-8-19-14)13-20-12(21-22-13)10-5-4-6-11(9-10)15(16,17)18;/h4-6,9,19H,2-3,7-8H2,1H3;1H. The molecule has 0 saturated carbocycles. The van der Waals surface area contributed by atoms with Crippen molar-refractivity contribution in [2.45, 2.75) is 37.9 Å². The molecule has 3 rings (SSSR count). The molecule has 2 aromatic rings. The molecule has 1 saturated heterocycles. The Morgan fingerprint density at radius 2 is 2.04 bits per heavy atom. The number of hydrogen-bond acceptors (Lipinski definition) is 4. The first-order chi connectivity index (χ1) is 10.4. The largest absolute Gasteiger partial charge is 0.416 e. The maximum atomic E-state index is 12.8. The smallest absolute Gasteiger partial charge is 0.337 e. The number of halogens is 4. The molecule has 0 bridgehead atoms. The number of alkyl halides is 3. The molecule has 0 radical (unpaired) electrons. The van der Waals surface area contributed by atoms with Gasteiger partial charge in [0.05, 0.1) is 11.1 Å². The number of rotatable bonds is 2. The summed E-state index contributed by atoms with van der Waals surface area (Å²) < 4.78 is 43.6. The van der Waals surface area contributed by atoms with E-state index >= 15 is 0 Å². The second kappa shape index (κ2) is 6.49. The summed E-state index contributed by atoms with van der Waals surface area (Å²) in [6.07, 6.45) is -1.40. The molecule has 0 aliphatic carbocycles. The van der Waals surface area contributed by atoms with Gasteiger partial charge in [0.25, 0.3) is 0 Å². The Hall–Kier alpha value is -1.60. The summed E-state index contributed by atoms with van der Waals surface area (Å²) in [6, 6.07) is 4.94. The predicted octanol–water partition coefficient (Wildman–Crippen LogP) is 4.17. The van der Waals surface area contributed by atoms with Crippen molar-refractivity contribution in [2.24, 2.45) is 0 Å². The third kappa shape index (κ3) is 3.67. The lowest BCUT2D eigenvalue weighted by atomic mass is 9.91. The molecule has 0 spiro atoms. The van der Waals surface area contributed by atoms with Gasteiger partial charge in [-0.05, 0) is 44.9 Å². The maximum Gasteiger partial charge on any atom is 0.416 e. The van der Waals surface area contributed by atoms with Gasteiger partial charge in [-0.1, -0.05) is 17.3 Å². The normalized spacial score (nSPS) is 21.7. The van der Waals surface area contributed by atoms with Gasteiger partial charge in [-0.15, -0.1) is 12.4 Å². The molecule has 0 amide bonds. The van der Waals surface area contributed by atoms with E-state index in [1.807, 2.05) is 6.92 Å². The van der Waals surface area contributed by atoms with Gasteiger partial charge in [0, 0.05) is 5.56 Å². The predicted molar refractivity (Wildman–Crippen MR) is 81.2 cm³/mol. The quantitative estimate of drug-likeness (QED) is 0.886. The summed E-state index contributed by atoms with van der Waals surface area (Å²) >= 11 is 0. The van der Waals surface area contributed by atoms with Gasteiger partial charge in [-0.2, -0.15) is 18.2 Å². The fourth-order valence-electron chi connectivity index (χ4n) is 2.64. The Balaban J connectivity index is 0.00000192. The molecule has 1 aromatic carbocycles. The molecule has 1 N–H and O–H groups in total. The van der Waals surface area contributed by atoms with Crippen molar-refractivity contribution in [2.75, 3.05) is 6.54 Å². The molecule has 1 aliphatic rings. The zero-order chi connectivity index (χ0) is 15.8. The van der Waals surface area contributed by atoms with E-state index in [9.17, 15) is 13.2 Å². The molecule has 126 valence electrons. The zero-order valence-corrected chi connectivity index (χ0v) is 13.3. The zero-order valence-electron chi connectivity index (χ0n) is 12.5. The van der Waals surface area contributed by atoms with Crippen molar-refractivity contribution in [3.8, 4) is 11.4 Å². The van der Waals surface area contributed by atoms with E-state index in [0.29, 0.717) is 11.5 Å². The minimum atomic E-state index is -4.39. The van der Waals surface area contributed by atoms with Gasteiger partial charge in [0.2, 0.25) is 11.7 Å². The van der Waals surface area contributed by atoms with E-state index < -0.39 is 17.3 Å².